The van der Waals surface area contributed by atoms with E-state index in [1.54, 1.807) is 11.8 Å². The first-order valence-corrected chi connectivity index (χ1v) is 10.4. The second kappa shape index (κ2) is 7.36. The summed E-state index contributed by atoms with van der Waals surface area (Å²) in [6, 6.07) is 0.290. The number of nitrogens with zero attached hydrogens (tertiary/aromatic N) is 2. The fourth-order valence-corrected chi connectivity index (χ4v) is 4.74. The van der Waals surface area contributed by atoms with Crippen LogP contribution in [0, 0.1) is 11.3 Å². The number of hydrogen-bond donors (Lipinski definition) is 1. The van der Waals surface area contributed by atoms with E-state index in [1.165, 1.54) is 18.6 Å². The molecule has 0 saturated heterocycles. The van der Waals surface area contributed by atoms with Crippen molar-refractivity contribution in [3.63, 3.8) is 0 Å². The number of amidine groups is 1. The Bertz CT molecular complexity index is 600. The molecule has 1 saturated carbocycles. The highest BCUT2D eigenvalue weighted by Gasteiger charge is 2.43. The van der Waals surface area contributed by atoms with E-state index >= 15 is 0 Å². The minimum absolute atomic E-state index is 0.290. The lowest BCUT2D eigenvalue weighted by atomic mass is 9.78. The van der Waals surface area contributed by atoms with Crippen molar-refractivity contribution in [2.24, 2.45) is 27.1 Å². The minimum atomic E-state index is -0.315. The highest BCUT2D eigenvalue weighted by molar-refractivity contribution is 9.11. The topological polar surface area (TPSA) is 50.7 Å². The second-order valence-electron chi connectivity index (χ2n) is 7.68. The van der Waals surface area contributed by atoms with E-state index in [4.69, 9.17) is 15.7 Å². The first kappa shape index (κ1) is 19.8. The van der Waals surface area contributed by atoms with E-state index in [9.17, 15) is 0 Å². The maximum Gasteiger partial charge on any atom is 0.154 e. The van der Waals surface area contributed by atoms with Crippen molar-refractivity contribution in [2.75, 3.05) is 5.75 Å². The van der Waals surface area contributed by atoms with E-state index in [0.717, 1.165) is 22.2 Å². The Hall–Kier alpha value is -0.550. The molecule has 5 heteroatoms. The third-order valence-electron chi connectivity index (χ3n) is 5.48. The van der Waals surface area contributed by atoms with Gasteiger partial charge in [-0.15, -0.1) is 0 Å². The molecular formula is C19H30BrN3S. The number of hydrogen-bond acceptors (Lipinski definition) is 4. The molecule has 1 fully saturated rings. The van der Waals surface area contributed by atoms with Crippen molar-refractivity contribution >= 4 is 38.6 Å². The molecule has 0 radical (unpaired) electrons. The molecule has 134 valence electrons. The molecule has 1 aliphatic heterocycles. The average Bonchev–Trinajstić information content (AvgIpc) is 3.08. The molecule has 24 heavy (non-hydrogen) atoms. The Morgan fingerprint density at radius 3 is 2.54 bits per heavy atom. The lowest BCUT2D eigenvalue weighted by Crippen LogP contribution is -2.38. The van der Waals surface area contributed by atoms with Gasteiger partial charge in [0.2, 0.25) is 0 Å². The van der Waals surface area contributed by atoms with Crippen LogP contribution in [0.4, 0.5) is 0 Å². The molecule has 1 aliphatic carbocycles. The van der Waals surface area contributed by atoms with E-state index < -0.39 is 0 Å². The lowest BCUT2D eigenvalue weighted by molar-refractivity contribution is 0.346. The number of allylic oxidation sites excluding steroid dienone is 1. The molecule has 3 unspecified atom stereocenters. The molecule has 2 rings (SSSR count). The second-order valence-corrected chi connectivity index (χ2v) is 9.93. The predicted octanol–water partition coefficient (Wildman–Crippen LogP) is 5.32. The zero-order valence-electron chi connectivity index (χ0n) is 15.5. The smallest absolute Gasteiger partial charge is 0.154 e. The quantitative estimate of drug-likeness (QED) is 0.455. The van der Waals surface area contributed by atoms with Crippen molar-refractivity contribution in [1.29, 1.82) is 0 Å². The third kappa shape index (κ3) is 4.34. The Morgan fingerprint density at radius 1 is 1.46 bits per heavy atom. The van der Waals surface area contributed by atoms with Crippen molar-refractivity contribution in [3.05, 3.63) is 22.7 Å². The summed E-state index contributed by atoms with van der Waals surface area (Å²) in [4.78, 5) is 9.78. The third-order valence-corrected chi connectivity index (χ3v) is 6.68. The monoisotopic (exact) mass is 411 g/mol. The van der Waals surface area contributed by atoms with Gasteiger partial charge in [0.05, 0.1) is 0 Å². The fraction of sp³-hybridized carbons (Fsp3) is 0.684. The molecule has 3 nitrogen and oxygen atoms in total. The van der Waals surface area contributed by atoms with Crippen LogP contribution in [0.1, 0.15) is 53.9 Å². The standard InChI is InChI=1S/C19H30BrN3S/c1-12(9-14(3)20)19(11-24-17(21)23-19)13(2)10-15(4)22-16(5)18(6)7-8-18/h9,13,15H,1,7-8,10-11H2,2-6H3,(H2,21,23). The Balaban J connectivity index is 2.16. The van der Waals surface area contributed by atoms with Crippen molar-refractivity contribution in [1.82, 2.24) is 0 Å². The van der Waals surface area contributed by atoms with Gasteiger partial charge in [-0.2, -0.15) is 0 Å². The van der Waals surface area contributed by atoms with Crippen LogP contribution >= 0.6 is 27.7 Å². The van der Waals surface area contributed by atoms with Crippen LogP contribution in [-0.2, 0) is 0 Å². The molecular weight excluding hydrogens is 382 g/mol. The number of nitrogens with two attached hydrogens (primary N) is 1. The van der Waals surface area contributed by atoms with Gasteiger partial charge >= 0.3 is 0 Å². The molecule has 0 aromatic rings. The van der Waals surface area contributed by atoms with E-state index in [-0.39, 0.29) is 11.6 Å². The van der Waals surface area contributed by atoms with Crippen LogP contribution in [-0.4, -0.2) is 28.2 Å². The summed E-state index contributed by atoms with van der Waals surface area (Å²) in [5, 5.41) is 0.668. The fourth-order valence-electron chi connectivity index (χ4n) is 3.34. The molecule has 0 aromatic heterocycles. The highest BCUT2D eigenvalue weighted by atomic mass is 79.9. The summed E-state index contributed by atoms with van der Waals surface area (Å²) < 4.78 is 1.06. The molecule has 2 N–H and O–H groups in total. The summed E-state index contributed by atoms with van der Waals surface area (Å²) in [7, 11) is 0. The van der Waals surface area contributed by atoms with E-state index in [1.807, 2.05) is 6.92 Å². The SMILES string of the molecule is C=C(C=C(C)Br)C1(C(C)CC(C)N=C(C)C2(C)CC2)CSC(N)=N1. The molecule has 0 spiro atoms. The number of thioether (sulfide) groups is 1. The Morgan fingerprint density at radius 2 is 2.08 bits per heavy atom. The molecule has 0 aromatic carbocycles. The summed E-state index contributed by atoms with van der Waals surface area (Å²) in [6.07, 6.45) is 5.61. The number of halogens is 1. The van der Waals surface area contributed by atoms with Gasteiger partial charge in [0, 0.05) is 22.9 Å². The van der Waals surface area contributed by atoms with Gasteiger partial charge in [-0.25, -0.2) is 0 Å². The minimum Gasteiger partial charge on any atom is -0.379 e. The van der Waals surface area contributed by atoms with Gasteiger partial charge in [0.25, 0.3) is 0 Å². The molecule has 0 bridgehead atoms. The maximum atomic E-state index is 6.01. The average molecular weight is 412 g/mol. The maximum absolute atomic E-state index is 6.01. The van der Waals surface area contributed by atoms with Crippen LogP contribution in [0.2, 0.25) is 0 Å². The molecule has 2 aliphatic rings. The molecule has 3 atom stereocenters. The Labute approximate surface area is 159 Å². The van der Waals surface area contributed by atoms with Gasteiger partial charge < -0.3 is 5.73 Å². The van der Waals surface area contributed by atoms with E-state index in [2.05, 4.69) is 56.3 Å². The van der Waals surface area contributed by atoms with Gasteiger partial charge in [-0.1, -0.05) is 48.1 Å². The zero-order chi connectivity index (χ0) is 18.1. The molecule has 0 amide bonds. The van der Waals surface area contributed by atoms with E-state index in [0.29, 0.717) is 16.5 Å². The summed E-state index contributed by atoms with van der Waals surface area (Å²) >= 11 is 5.14. The largest absolute Gasteiger partial charge is 0.379 e. The van der Waals surface area contributed by atoms with Gasteiger partial charge in [0.15, 0.2) is 5.17 Å². The first-order chi connectivity index (χ1) is 11.1. The summed E-state index contributed by atoms with van der Waals surface area (Å²) in [5.41, 5.74) is 8.38. The molecule has 1 heterocycles. The Kier molecular flexibility index (Phi) is 6.07. The number of rotatable bonds is 7. The highest BCUT2D eigenvalue weighted by Crippen LogP contribution is 2.47. The zero-order valence-corrected chi connectivity index (χ0v) is 17.9. The van der Waals surface area contributed by atoms with Crippen molar-refractivity contribution < 1.29 is 0 Å². The lowest BCUT2D eigenvalue weighted by Gasteiger charge is -2.34. The first-order valence-electron chi connectivity index (χ1n) is 8.65. The number of aliphatic imine (C=N–C) groups is 2. The van der Waals surface area contributed by atoms with Crippen LogP contribution in [0.25, 0.3) is 0 Å². The van der Waals surface area contributed by atoms with Crippen LogP contribution in [0.3, 0.4) is 0 Å². The van der Waals surface area contributed by atoms with Crippen molar-refractivity contribution in [2.45, 2.75) is 65.5 Å². The van der Waals surface area contributed by atoms with Crippen LogP contribution < -0.4 is 5.73 Å². The van der Waals surface area contributed by atoms with Crippen LogP contribution in [0.15, 0.2) is 32.7 Å². The summed E-state index contributed by atoms with van der Waals surface area (Å²) in [6.45, 7) is 15.3. The van der Waals surface area contributed by atoms with Crippen LogP contribution in [0.5, 0.6) is 0 Å². The van der Waals surface area contributed by atoms with Gasteiger partial charge in [0.1, 0.15) is 5.54 Å². The summed E-state index contributed by atoms with van der Waals surface area (Å²) in [5.74, 6) is 1.20. The van der Waals surface area contributed by atoms with Gasteiger partial charge in [-0.05, 0) is 62.1 Å². The predicted molar refractivity (Wildman–Crippen MR) is 112 cm³/mol. The van der Waals surface area contributed by atoms with Crippen molar-refractivity contribution in [3.8, 4) is 0 Å². The normalized spacial score (nSPS) is 29.2. The van der Waals surface area contributed by atoms with Gasteiger partial charge in [-0.3, -0.25) is 9.98 Å².